The van der Waals surface area contributed by atoms with E-state index in [1.54, 1.807) is 0 Å². The van der Waals surface area contributed by atoms with Crippen LogP contribution in [-0.2, 0) is 4.79 Å². The topological polar surface area (TPSA) is 40.5 Å². The molecule has 0 radical (unpaired) electrons. The Bertz CT molecular complexity index is 335. The summed E-state index contributed by atoms with van der Waals surface area (Å²) in [5.41, 5.74) is 0. The van der Waals surface area contributed by atoms with E-state index in [4.69, 9.17) is 11.5 Å². The number of rotatable bonds is 4. The highest BCUT2D eigenvalue weighted by molar-refractivity contribution is 5.69. The van der Waals surface area contributed by atoms with Crippen LogP contribution >= 0.6 is 0 Å². The molecule has 2 unspecified atom stereocenters. The zero-order chi connectivity index (χ0) is 13.8. The van der Waals surface area contributed by atoms with Crippen LogP contribution in [0.25, 0.3) is 0 Å². The molecule has 1 aliphatic carbocycles. The summed E-state index contributed by atoms with van der Waals surface area (Å²) in [6.07, 6.45) is 2.01. The summed E-state index contributed by atoms with van der Waals surface area (Å²) in [4.78, 5) is 12.1. The van der Waals surface area contributed by atoms with Gasteiger partial charge in [0, 0.05) is 6.04 Å². The van der Waals surface area contributed by atoms with E-state index in [0.717, 1.165) is 0 Å². The van der Waals surface area contributed by atoms with Crippen LogP contribution in [0.3, 0.4) is 0 Å². The number of hydrogen-bond acceptors (Lipinski definition) is 2. The number of terminal acetylenes is 1. The van der Waals surface area contributed by atoms with Gasteiger partial charge in [-0.25, -0.2) is 0 Å². The maximum atomic E-state index is 12.7. The predicted molar refractivity (Wildman–Crippen MR) is 59.8 cm³/mol. The number of aliphatic carboxylic acids is 1. The minimum Gasteiger partial charge on any atom is -0.480 e. The Morgan fingerprint density at radius 3 is 2.61 bits per heavy atom. The van der Waals surface area contributed by atoms with E-state index in [0.29, 0.717) is 12.8 Å². The summed E-state index contributed by atoms with van der Waals surface area (Å²) in [6, 6.07) is -0.391. The van der Waals surface area contributed by atoms with Gasteiger partial charge in [0.25, 0.3) is 0 Å². The van der Waals surface area contributed by atoms with Crippen LogP contribution in [0, 0.1) is 18.3 Å². The number of carbonyl (C=O) groups is 1. The van der Waals surface area contributed by atoms with Crippen LogP contribution in [0.4, 0.5) is 13.2 Å². The van der Waals surface area contributed by atoms with Gasteiger partial charge in [-0.05, 0) is 19.3 Å². The average Bonchev–Trinajstić information content (AvgIpc) is 2.27. The van der Waals surface area contributed by atoms with E-state index in [1.807, 2.05) is 0 Å². The van der Waals surface area contributed by atoms with Crippen LogP contribution in [0.5, 0.6) is 0 Å². The van der Waals surface area contributed by atoms with Gasteiger partial charge in [-0.2, -0.15) is 13.2 Å². The number of nitrogens with zero attached hydrogens (tertiary/aromatic N) is 1. The average molecular weight is 263 g/mol. The number of carboxylic acids is 1. The number of carboxylic acid groups (broad SMARTS) is 1. The predicted octanol–water partition coefficient (Wildman–Crippen LogP) is 2.13. The molecule has 102 valence electrons. The zero-order valence-electron chi connectivity index (χ0n) is 9.91. The van der Waals surface area contributed by atoms with Crippen molar-refractivity contribution in [1.82, 2.24) is 4.90 Å². The first-order valence-corrected chi connectivity index (χ1v) is 5.80. The van der Waals surface area contributed by atoms with E-state index >= 15 is 0 Å². The Hall–Kier alpha value is -1.22. The van der Waals surface area contributed by atoms with E-state index in [-0.39, 0.29) is 25.9 Å². The number of hydrogen-bond donors (Lipinski definition) is 1. The fourth-order valence-electron chi connectivity index (χ4n) is 2.40. The SMILES string of the molecule is C#CCN(CC(=O)O)C1CCCC(C(F)(F)F)C1. The van der Waals surface area contributed by atoms with Crippen LogP contribution in [0.2, 0.25) is 0 Å². The molecule has 3 nitrogen and oxygen atoms in total. The van der Waals surface area contributed by atoms with Crippen molar-refractivity contribution >= 4 is 5.97 Å². The standard InChI is InChI=1S/C12H16F3NO2/c1-2-6-16(8-11(17)18)10-5-3-4-9(7-10)12(13,14)15/h1,9-10H,3-8H2,(H,17,18). The maximum absolute atomic E-state index is 12.7. The highest BCUT2D eigenvalue weighted by atomic mass is 19.4. The lowest BCUT2D eigenvalue weighted by molar-refractivity contribution is -0.186. The third-order valence-corrected chi connectivity index (χ3v) is 3.26. The molecule has 0 spiro atoms. The van der Waals surface area contributed by atoms with E-state index < -0.39 is 24.1 Å². The fourth-order valence-corrected chi connectivity index (χ4v) is 2.40. The lowest BCUT2D eigenvalue weighted by Gasteiger charge is -2.36. The first-order chi connectivity index (χ1) is 8.34. The molecule has 2 atom stereocenters. The molecular formula is C12H16F3NO2. The molecule has 6 heteroatoms. The minimum atomic E-state index is -4.20. The van der Waals surface area contributed by atoms with Gasteiger partial charge in [0.2, 0.25) is 0 Å². The first kappa shape index (κ1) is 14.8. The Morgan fingerprint density at radius 1 is 1.44 bits per heavy atom. The molecule has 0 aromatic rings. The van der Waals surface area contributed by atoms with Crippen molar-refractivity contribution in [3.63, 3.8) is 0 Å². The Kier molecular flexibility index (Phi) is 5.03. The molecule has 1 rings (SSSR count). The van der Waals surface area contributed by atoms with E-state index in [1.165, 1.54) is 4.90 Å². The molecule has 0 aliphatic heterocycles. The molecule has 0 heterocycles. The van der Waals surface area contributed by atoms with Crippen molar-refractivity contribution in [2.75, 3.05) is 13.1 Å². The van der Waals surface area contributed by atoms with E-state index in [2.05, 4.69) is 5.92 Å². The second kappa shape index (κ2) is 6.10. The van der Waals surface area contributed by atoms with Gasteiger partial charge in [-0.15, -0.1) is 6.42 Å². The number of alkyl halides is 3. The zero-order valence-corrected chi connectivity index (χ0v) is 9.91. The second-order valence-electron chi connectivity index (χ2n) is 4.56. The highest BCUT2D eigenvalue weighted by Gasteiger charge is 2.43. The smallest absolute Gasteiger partial charge is 0.391 e. The van der Waals surface area contributed by atoms with Gasteiger partial charge in [0.1, 0.15) is 0 Å². The van der Waals surface area contributed by atoms with Crippen LogP contribution < -0.4 is 0 Å². The Morgan fingerprint density at radius 2 is 2.11 bits per heavy atom. The molecule has 1 N–H and O–H groups in total. The molecule has 18 heavy (non-hydrogen) atoms. The van der Waals surface area contributed by atoms with Crippen LogP contribution in [0.15, 0.2) is 0 Å². The maximum Gasteiger partial charge on any atom is 0.391 e. The van der Waals surface area contributed by atoms with Crippen molar-refractivity contribution in [3.8, 4) is 12.3 Å². The molecule has 1 aliphatic rings. The molecule has 0 aromatic carbocycles. The lowest BCUT2D eigenvalue weighted by atomic mass is 9.84. The summed E-state index contributed by atoms with van der Waals surface area (Å²) < 4.78 is 38.0. The minimum absolute atomic E-state index is 0.0571. The first-order valence-electron chi connectivity index (χ1n) is 5.80. The molecule has 1 saturated carbocycles. The molecular weight excluding hydrogens is 247 g/mol. The summed E-state index contributed by atoms with van der Waals surface area (Å²) in [5.74, 6) is -0.107. The van der Waals surface area contributed by atoms with Gasteiger partial charge < -0.3 is 5.11 Å². The summed E-state index contributed by atoms with van der Waals surface area (Å²) in [6.45, 7) is -0.235. The monoisotopic (exact) mass is 263 g/mol. The summed E-state index contributed by atoms with van der Waals surface area (Å²) in [7, 11) is 0. The van der Waals surface area contributed by atoms with Crippen molar-refractivity contribution in [2.24, 2.45) is 5.92 Å². The molecule has 0 saturated heterocycles. The highest BCUT2D eigenvalue weighted by Crippen LogP contribution is 2.38. The fraction of sp³-hybridized carbons (Fsp3) is 0.750. The molecule has 1 fully saturated rings. The quantitative estimate of drug-likeness (QED) is 0.790. The Balaban J connectivity index is 2.68. The second-order valence-corrected chi connectivity index (χ2v) is 4.56. The third kappa shape index (κ3) is 4.22. The van der Waals surface area contributed by atoms with Crippen LogP contribution in [0.1, 0.15) is 25.7 Å². The van der Waals surface area contributed by atoms with Crippen molar-refractivity contribution < 1.29 is 23.1 Å². The van der Waals surface area contributed by atoms with Crippen LogP contribution in [-0.4, -0.2) is 41.3 Å². The summed E-state index contributed by atoms with van der Waals surface area (Å²) in [5, 5.41) is 8.73. The molecule has 0 aromatic heterocycles. The van der Waals surface area contributed by atoms with Gasteiger partial charge in [0.15, 0.2) is 0 Å². The van der Waals surface area contributed by atoms with Gasteiger partial charge in [-0.1, -0.05) is 12.3 Å². The van der Waals surface area contributed by atoms with Gasteiger partial charge in [0.05, 0.1) is 19.0 Å². The summed E-state index contributed by atoms with van der Waals surface area (Å²) >= 11 is 0. The number of halogens is 3. The third-order valence-electron chi connectivity index (χ3n) is 3.26. The lowest BCUT2D eigenvalue weighted by Crippen LogP contribution is -2.44. The van der Waals surface area contributed by atoms with Crippen molar-refractivity contribution in [2.45, 2.75) is 37.9 Å². The van der Waals surface area contributed by atoms with Crippen molar-refractivity contribution in [1.29, 1.82) is 0 Å². The largest absolute Gasteiger partial charge is 0.480 e. The van der Waals surface area contributed by atoms with E-state index in [9.17, 15) is 18.0 Å². The van der Waals surface area contributed by atoms with Gasteiger partial charge >= 0.3 is 12.1 Å². The van der Waals surface area contributed by atoms with Crippen molar-refractivity contribution in [3.05, 3.63) is 0 Å². The van der Waals surface area contributed by atoms with Gasteiger partial charge in [-0.3, -0.25) is 9.69 Å². The normalized spacial score (nSPS) is 24.8. The Labute approximate surface area is 104 Å². The molecule has 0 amide bonds. The molecule has 0 bridgehead atoms.